The van der Waals surface area contributed by atoms with Gasteiger partial charge in [-0.2, -0.15) is 9.97 Å². The van der Waals surface area contributed by atoms with Crippen molar-refractivity contribution >= 4 is 45.9 Å². The summed E-state index contributed by atoms with van der Waals surface area (Å²) in [5, 5.41) is 6.88. The predicted octanol–water partition coefficient (Wildman–Crippen LogP) is 4.70. The SMILES string of the molecule is Fc1ccc(Nc2nc(Nc3ccc(Cl)cc3)c3nccnc3n2)cc1. The van der Waals surface area contributed by atoms with Crippen molar-refractivity contribution in [2.24, 2.45) is 0 Å². The Bertz CT molecular complexity index is 1050. The second-order valence-electron chi connectivity index (χ2n) is 5.39. The third kappa shape index (κ3) is 3.52. The molecule has 0 aliphatic rings. The Morgan fingerprint density at radius 1 is 0.769 bits per heavy atom. The first-order valence-corrected chi connectivity index (χ1v) is 8.09. The predicted molar refractivity (Wildman–Crippen MR) is 99.5 cm³/mol. The molecule has 2 aromatic carbocycles. The van der Waals surface area contributed by atoms with Gasteiger partial charge < -0.3 is 10.6 Å². The number of anilines is 4. The van der Waals surface area contributed by atoms with Crippen LogP contribution in [0.5, 0.6) is 0 Å². The lowest BCUT2D eigenvalue weighted by atomic mass is 10.3. The molecule has 0 saturated heterocycles. The maximum Gasteiger partial charge on any atom is 0.231 e. The van der Waals surface area contributed by atoms with Gasteiger partial charge in [0.2, 0.25) is 5.95 Å². The molecule has 0 radical (unpaired) electrons. The standard InChI is InChI=1S/C18H12ClFN6/c19-11-1-5-13(6-2-11)23-17-15-16(22-10-9-21-15)25-18(26-17)24-14-7-3-12(20)4-8-14/h1-10H,(H2,22,23,24,25,26). The average Bonchev–Trinajstić information content (AvgIpc) is 2.65. The van der Waals surface area contributed by atoms with E-state index in [9.17, 15) is 4.39 Å². The zero-order valence-electron chi connectivity index (χ0n) is 13.3. The van der Waals surface area contributed by atoms with Gasteiger partial charge in [0.05, 0.1) is 0 Å². The molecule has 0 amide bonds. The monoisotopic (exact) mass is 366 g/mol. The van der Waals surface area contributed by atoms with Crippen LogP contribution in [0.2, 0.25) is 5.02 Å². The van der Waals surface area contributed by atoms with Crippen molar-refractivity contribution in [3.8, 4) is 0 Å². The molecule has 0 atom stereocenters. The van der Waals surface area contributed by atoms with E-state index in [1.165, 1.54) is 12.1 Å². The van der Waals surface area contributed by atoms with Crippen molar-refractivity contribution in [1.29, 1.82) is 0 Å². The number of halogens is 2. The molecule has 0 fully saturated rings. The van der Waals surface area contributed by atoms with E-state index in [0.717, 1.165) is 5.69 Å². The molecule has 2 N–H and O–H groups in total. The summed E-state index contributed by atoms with van der Waals surface area (Å²) < 4.78 is 13.1. The fourth-order valence-electron chi connectivity index (χ4n) is 2.34. The van der Waals surface area contributed by atoms with Crippen molar-refractivity contribution in [3.05, 3.63) is 71.8 Å². The van der Waals surface area contributed by atoms with Gasteiger partial charge in [-0.25, -0.2) is 14.4 Å². The molecule has 128 valence electrons. The van der Waals surface area contributed by atoms with Gasteiger partial charge in [-0.15, -0.1) is 0 Å². The summed E-state index contributed by atoms with van der Waals surface area (Å²) in [5.74, 6) is 0.502. The van der Waals surface area contributed by atoms with E-state index in [1.54, 1.807) is 36.7 Å². The second-order valence-corrected chi connectivity index (χ2v) is 5.82. The minimum absolute atomic E-state index is 0.314. The summed E-state index contributed by atoms with van der Waals surface area (Å²) >= 11 is 5.92. The Hall–Kier alpha value is -3.32. The third-order valence-electron chi connectivity index (χ3n) is 3.54. The van der Waals surface area contributed by atoms with Gasteiger partial charge >= 0.3 is 0 Å². The molecule has 8 heteroatoms. The highest BCUT2D eigenvalue weighted by molar-refractivity contribution is 6.30. The summed E-state index contributed by atoms with van der Waals surface area (Å²) in [6.45, 7) is 0. The molecule has 4 rings (SSSR count). The number of hydrogen-bond acceptors (Lipinski definition) is 6. The molecule has 0 bridgehead atoms. The highest BCUT2D eigenvalue weighted by Gasteiger charge is 2.10. The van der Waals surface area contributed by atoms with E-state index < -0.39 is 0 Å². The van der Waals surface area contributed by atoms with Gasteiger partial charge in [0, 0.05) is 28.8 Å². The first-order valence-electron chi connectivity index (χ1n) is 7.71. The van der Waals surface area contributed by atoms with Crippen LogP contribution in [-0.4, -0.2) is 19.9 Å². The fourth-order valence-corrected chi connectivity index (χ4v) is 2.47. The van der Waals surface area contributed by atoms with E-state index in [-0.39, 0.29) is 5.82 Å². The van der Waals surface area contributed by atoms with Crippen LogP contribution in [-0.2, 0) is 0 Å². The van der Waals surface area contributed by atoms with Crippen LogP contribution in [0, 0.1) is 5.82 Å². The summed E-state index contributed by atoms with van der Waals surface area (Å²) in [7, 11) is 0. The van der Waals surface area contributed by atoms with Crippen LogP contribution in [0.25, 0.3) is 11.2 Å². The van der Waals surface area contributed by atoms with Crippen molar-refractivity contribution in [2.45, 2.75) is 0 Å². The molecule has 2 heterocycles. The molecular formula is C18H12ClFN6. The number of rotatable bonds is 4. The molecular weight excluding hydrogens is 355 g/mol. The van der Waals surface area contributed by atoms with Crippen LogP contribution in [0.3, 0.4) is 0 Å². The van der Waals surface area contributed by atoms with E-state index in [1.807, 2.05) is 12.1 Å². The molecule has 6 nitrogen and oxygen atoms in total. The van der Waals surface area contributed by atoms with Crippen molar-refractivity contribution in [1.82, 2.24) is 19.9 Å². The number of fused-ring (bicyclic) bond motifs is 1. The topological polar surface area (TPSA) is 75.6 Å². The number of aromatic nitrogens is 4. The summed E-state index contributed by atoms with van der Waals surface area (Å²) in [5.41, 5.74) is 2.43. The maximum absolute atomic E-state index is 13.1. The van der Waals surface area contributed by atoms with Gasteiger partial charge in [-0.1, -0.05) is 11.6 Å². The normalized spacial score (nSPS) is 10.7. The van der Waals surface area contributed by atoms with Crippen LogP contribution < -0.4 is 10.6 Å². The lowest BCUT2D eigenvalue weighted by Crippen LogP contribution is -2.04. The molecule has 0 saturated carbocycles. The van der Waals surface area contributed by atoms with Crippen LogP contribution >= 0.6 is 11.6 Å². The fraction of sp³-hybridized carbons (Fsp3) is 0. The highest BCUT2D eigenvalue weighted by atomic mass is 35.5. The first-order chi connectivity index (χ1) is 12.7. The van der Waals surface area contributed by atoms with Crippen molar-refractivity contribution in [3.63, 3.8) is 0 Å². The Morgan fingerprint density at radius 3 is 2.19 bits per heavy atom. The molecule has 0 unspecified atom stereocenters. The lowest BCUT2D eigenvalue weighted by molar-refractivity contribution is 0.628. The van der Waals surface area contributed by atoms with Gasteiger partial charge in [0.1, 0.15) is 5.82 Å². The Balaban J connectivity index is 1.72. The Morgan fingerprint density at radius 2 is 1.42 bits per heavy atom. The van der Waals surface area contributed by atoms with Gasteiger partial charge in [0.25, 0.3) is 0 Å². The van der Waals surface area contributed by atoms with Gasteiger partial charge in [-0.3, -0.25) is 0 Å². The molecule has 0 spiro atoms. The Labute approximate surface area is 153 Å². The number of hydrogen-bond donors (Lipinski definition) is 2. The number of nitrogens with one attached hydrogen (secondary N) is 2. The largest absolute Gasteiger partial charge is 0.338 e. The number of nitrogens with zero attached hydrogens (tertiary/aromatic N) is 4. The van der Waals surface area contributed by atoms with E-state index in [4.69, 9.17) is 11.6 Å². The van der Waals surface area contributed by atoms with E-state index in [2.05, 4.69) is 30.6 Å². The lowest BCUT2D eigenvalue weighted by Gasteiger charge is -2.11. The Kier molecular flexibility index (Phi) is 4.28. The zero-order valence-corrected chi connectivity index (χ0v) is 14.1. The van der Waals surface area contributed by atoms with Crippen LogP contribution in [0.4, 0.5) is 27.5 Å². The molecule has 0 aliphatic heterocycles. The smallest absolute Gasteiger partial charge is 0.231 e. The minimum Gasteiger partial charge on any atom is -0.338 e. The van der Waals surface area contributed by atoms with Crippen molar-refractivity contribution < 1.29 is 4.39 Å². The van der Waals surface area contributed by atoms with E-state index >= 15 is 0 Å². The van der Waals surface area contributed by atoms with Gasteiger partial charge in [-0.05, 0) is 48.5 Å². The summed E-state index contributed by atoms with van der Waals surface area (Å²) in [4.78, 5) is 17.4. The van der Waals surface area contributed by atoms with Gasteiger partial charge in [0.15, 0.2) is 17.0 Å². The molecule has 0 aliphatic carbocycles. The maximum atomic E-state index is 13.1. The summed E-state index contributed by atoms with van der Waals surface area (Å²) in [6.07, 6.45) is 3.13. The first kappa shape index (κ1) is 16.2. The zero-order chi connectivity index (χ0) is 17.9. The van der Waals surface area contributed by atoms with Crippen LogP contribution in [0.15, 0.2) is 60.9 Å². The minimum atomic E-state index is -0.314. The molecule has 26 heavy (non-hydrogen) atoms. The summed E-state index contributed by atoms with van der Waals surface area (Å²) in [6, 6.07) is 13.1. The quantitative estimate of drug-likeness (QED) is 0.545. The average molecular weight is 367 g/mol. The third-order valence-corrected chi connectivity index (χ3v) is 3.79. The number of benzene rings is 2. The molecule has 4 aromatic rings. The van der Waals surface area contributed by atoms with Crippen LogP contribution in [0.1, 0.15) is 0 Å². The van der Waals surface area contributed by atoms with E-state index in [0.29, 0.717) is 33.6 Å². The second kappa shape index (κ2) is 6.89. The molecule has 2 aromatic heterocycles. The van der Waals surface area contributed by atoms with Crippen molar-refractivity contribution in [2.75, 3.05) is 10.6 Å². The highest BCUT2D eigenvalue weighted by Crippen LogP contribution is 2.24.